The minimum Gasteiger partial charge on any atom is -0.465 e. The number of rotatable bonds is 6. The van der Waals surface area contributed by atoms with Gasteiger partial charge in [-0.2, -0.15) is 0 Å². The average molecular weight is 279 g/mol. The molecule has 0 saturated heterocycles. The first-order valence-electron chi connectivity index (χ1n) is 6.30. The van der Waals surface area contributed by atoms with Crippen LogP contribution in [0.25, 0.3) is 0 Å². The van der Waals surface area contributed by atoms with Crippen LogP contribution in [0.1, 0.15) is 25.3 Å². The maximum Gasteiger partial charge on any atom is 0.325 e. The van der Waals surface area contributed by atoms with E-state index >= 15 is 0 Å². The van der Waals surface area contributed by atoms with Crippen LogP contribution < -0.4 is 10.6 Å². The van der Waals surface area contributed by atoms with Crippen molar-refractivity contribution >= 4 is 29.0 Å². The summed E-state index contributed by atoms with van der Waals surface area (Å²) in [5.74, 6) is 0.484. The van der Waals surface area contributed by atoms with E-state index in [1.54, 1.807) is 19.2 Å². The molecule has 1 aromatic heterocycles. The molecule has 0 aromatic carbocycles. The Morgan fingerprint density at radius 2 is 2.37 bits per heavy atom. The number of hydrogen-bond acceptors (Lipinski definition) is 5. The van der Waals surface area contributed by atoms with Gasteiger partial charge in [0.15, 0.2) is 0 Å². The van der Waals surface area contributed by atoms with Crippen molar-refractivity contribution in [1.82, 2.24) is 4.98 Å². The Balaban J connectivity index is 2.16. The summed E-state index contributed by atoms with van der Waals surface area (Å²) in [5, 5.41) is 0. The van der Waals surface area contributed by atoms with E-state index in [-0.39, 0.29) is 12.5 Å². The van der Waals surface area contributed by atoms with Crippen molar-refractivity contribution in [3.05, 3.63) is 23.9 Å². The van der Waals surface area contributed by atoms with Crippen LogP contribution in [-0.2, 0) is 9.53 Å². The van der Waals surface area contributed by atoms with Crippen molar-refractivity contribution in [1.29, 1.82) is 0 Å². The second-order valence-electron chi connectivity index (χ2n) is 4.43. The first-order valence-corrected chi connectivity index (χ1v) is 6.70. The Morgan fingerprint density at radius 3 is 2.95 bits per heavy atom. The largest absolute Gasteiger partial charge is 0.465 e. The average Bonchev–Trinajstić information content (AvgIpc) is 3.20. The normalized spacial score (nSPS) is 13.9. The van der Waals surface area contributed by atoms with E-state index in [1.807, 2.05) is 11.0 Å². The highest BCUT2D eigenvalue weighted by Crippen LogP contribution is 2.30. The predicted molar refractivity (Wildman–Crippen MR) is 77.1 cm³/mol. The van der Waals surface area contributed by atoms with E-state index in [9.17, 15) is 4.79 Å². The molecule has 19 heavy (non-hydrogen) atoms. The van der Waals surface area contributed by atoms with Crippen molar-refractivity contribution in [2.24, 2.45) is 5.73 Å². The zero-order valence-electron chi connectivity index (χ0n) is 10.8. The number of aromatic nitrogens is 1. The zero-order chi connectivity index (χ0) is 13.8. The van der Waals surface area contributed by atoms with Gasteiger partial charge in [0.1, 0.15) is 17.4 Å². The van der Waals surface area contributed by atoms with Crippen LogP contribution in [-0.4, -0.2) is 35.1 Å². The molecule has 1 saturated carbocycles. The van der Waals surface area contributed by atoms with Crippen LogP contribution in [0.4, 0.5) is 5.82 Å². The van der Waals surface area contributed by atoms with Gasteiger partial charge in [-0.05, 0) is 31.9 Å². The number of carbonyl (C=O) groups excluding carboxylic acids is 1. The van der Waals surface area contributed by atoms with Crippen LogP contribution in [0.3, 0.4) is 0 Å². The topological polar surface area (TPSA) is 68.5 Å². The molecular formula is C13H17N3O2S. The Labute approximate surface area is 117 Å². The molecule has 1 fully saturated rings. The van der Waals surface area contributed by atoms with E-state index in [1.165, 1.54) is 0 Å². The minimum atomic E-state index is -0.239. The molecule has 0 aliphatic heterocycles. The van der Waals surface area contributed by atoms with E-state index in [2.05, 4.69) is 4.98 Å². The lowest BCUT2D eigenvalue weighted by atomic mass is 10.2. The molecule has 5 nitrogen and oxygen atoms in total. The SMILES string of the molecule is CCOC(=O)CN(c1cc(C(N)=S)ccn1)C1CC1. The molecule has 102 valence electrons. The van der Waals surface area contributed by atoms with Crippen molar-refractivity contribution in [2.45, 2.75) is 25.8 Å². The standard InChI is InChI=1S/C13H17N3O2S/c1-2-18-12(17)8-16(10-3-4-10)11-7-9(13(14)19)5-6-15-11/h5-7,10H,2-4,8H2,1H3,(H2,14,19). The van der Waals surface area contributed by atoms with Crippen molar-refractivity contribution in [3.63, 3.8) is 0 Å². The summed E-state index contributed by atoms with van der Waals surface area (Å²) in [5.41, 5.74) is 6.38. The molecular weight excluding hydrogens is 262 g/mol. The minimum absolute atomic E-state index is 0.215. The molecule has 0 bridgehead atoms. The highest BCUT2D eigenvalue weighted by Gasteiger charge is 2.31. The number of carbonyl (C=O) groups is 1. The molecule has 0 spiro atoms. The van der Waals surface area contributed by atoms with Gasteiger partial charge in [0.05, 0.1) is 6.61 Å². The Hall–Kier alpha value is -1.69. The molecule has 0 amide bonds. The molecule has 6 heteroatoms. The molecule has 2 rings (SSSR count). The van der Waals surface area contributed by atoms with Gasteiger partial charge in [-0.1, -0.05) is 12.2 Å². The maximum absolute atomic E-state index is 11.6. The lowest BCUT2D eigenvalue weighted by Gasteiger charge is -2.22. The first kappa shape index (κ1) is 13.7. The molecule has 1 aliphatic rings. The van der Waals surface area contributed by atoms with Crippen molar-refractivity contribution in [3.8, 4) is 0 Å². The summed E-state index contributed by atoms with van der Waals surface area (Å²) in [7, 11) is 0. The third-order valence-electron chi connectivity index (χ3n) is 2.92. The third-order valence-corrected chi connectivity index (χ3v) is 3.15. The van der Waals surface area contributed by atoms with Crippen molar-refractivity contribution < 1.29 is 9.53 Å². The highest BCUT2D eigenvalue weighted by atomic mass is 32.1. The van der Waals surface area contributed by atoms with Gasteiger partial charge in [0, 0.05) is 17.8 Å². The van der Waals surface area contributed by atoms with Gasteiger partial charge in [0.2, 0.25) is 0 Å². The molecule has 1 aliphatic carbocycles. The Kier molecular flexibility index (Phi) is 4.31. The monoisotopic (exact) mass is 279 g/mol. The quantitative estimate of drug-likeness (QED) is 0.624. The number of hydrogen-bond donors (Lipinski definition) is 1. The van der Waals surface area contributed by atoms with Gasteiger partial charge in [-0.25, -0.2) is 4.98 Å². The molecule has 1 heterocycles. The van der Waals surface area contributed by atoms with Crippen LogP contribution in [0.15, 0.2) is 18.3 Å². The molecule has 0 radical (unpaired) electrons. The van der Waals surface area contributed by atoms with Gasteiger partial charge < -0.3 is 15.4 Å². The summed E-state index contributed by atoms with van der Waals surface area (Å²) < 4.78 is 4.99. The predicted octanol–water partition coefficient (Wildman–Crippen LogP) is 1.25. The maximum atomic E-state index is 11.6. The van der Waals surface area contributed by atoms with Crippen LogP contribution in [0.2, 0.25) is 0 Å². The fourth-order valence-corrected chi connectivity index (χ4v) is 1.98. The second kappa shape index (κ2) is 5.97. The number of thiocarbonyl (C=S) groups is 1. The molecule has 0 atom stereocenters. The first-order chi connectivity index (χ1) is 9.11. The van der Waals surface area contributed by atoms with Crippen molar-refractivity contribution in [2.75, 3.05) is 18.1 Å². The number of nitrogens with two attached hydrogens (primary N) is 1. The summed E-state index contributed by atoms with van der Waals surface area (Å²) in [6.07, 6.45) is 3.79. The van der Waals surface area contributed by atoms with Gasteiger partial charge in [0.25, 0.3) is 0 Å². The van der Waals surface area contributed by atoms with E-state index in [4.69, 9.17) is 22.7 Å². The highest BCUT2D eigenvalue weighted by molar-refractivity contribution is 7.80. The summed E-state index contributed by atoms with van der Waals surface area (Å²) >= 11 is 4.96. The molecule has 1 aromatic rings. The summed E-state index contributed by atoms with van der Waals surface area (Å²) in [6, 6.07) is 3.94. The number of pyridine rings is 1. The van der Waals surface area contributed by atoms with Crippen LogP contribution in [0, 0.1) is 0 Å². The van der Waals surface area contributed by atoms with E-state index in [0.29, 0.717) is 17.6 Å². The van der Waals surface area contributed by atoms with E-state index in [0.717, 1.165) is 24.2 Å². The summed E-state index contributed by atoms with van der Waals surface area (Å²) in [6.45, 7) is 2.40. The summed E-state index contributed by atoms with van der Waals surface area (Å²) in [4.78, 5) is 18.2. The number of ether oxygens (including phenoxy) is 1. The Morgan fingerprint density at radius 1 is 1.63 bits per heavy atom. The fraction of sp³-hybridized carbons (Fsp3) is 0.462. The Bertz CT molecular complexity index is 489. The lowest BCUT2D eigenvalue weighted by molar-refractivity contribution is -0.141. The number of anilines is 1. The van der Waals surface area contributed by atoms with Crippen LogP contribution >= 0.6 is 12.2 Å². The van der Waals surface area contributed by atoms with Gasteiger partial charge in [-0.15, -0.1) is 0 Å². The smallest absolute Gasteiger partial charge is 0.325 e. The van der Waals surface area contributed by atoms with Gasteiger partial charge in [-0.3, -0.25) is 4.79 Å². The van der Waals surface area contributed by atoms with E-state index < -0.39 is 0 Å². The fourth-order valence-electron chi connectivity index (χ4n) is 1.86. The number of esters is 1. The second-order valence-corrected chi connectivity index (χ2v) is 4.87. The molecule has 0 unspecified atom stereocenters. The third kappa shape index (κ3) is 3.64. The van der Waals surface area contributed by atoms with Crippen LogP contribution in [0.5, 0.6) is 0 Å². The zero-order valence-corrected chi connectivity index (χ0v) is 11.7. The molecule has 2 N–H and O–H groups in total. The lowest BCUT2D eigenvalue weighted by Crippen LogP contribution is -2.33. The number of nitrogens with zero attached hydrogens (tertiary/aromatic N) is 2. The van der Waals surface area contributed by atoms with Gasteiger partial charge >= 0.3 is 5.97 Å².